The smallest absolute Gasteiger partial charge is 0.303 e. The molecule has 85 valence electrons. The van der Waals surface area contributed by atoms with Gasteiger partial charge in [0, 0.05) is 12.8 Å². The molecule has 1 atom stereocenters. The topological polar surface area (TPSA) is 43.4 Å². The molecule has 1 rings (SSSR count). The summed E-state index contributed by atoms with van der Waals surface area (Å²) in [7, 11) is 0. The standard InChI is InChI=1S/C12H19O3/c1-3-12(9-13,15-10(2)14)11-7-5-4-6-8-11/h11H,3-8H2,1-2H3. The van der Waals surface area contributed by atoms with Crippen molar-refractivity contribution < 1.29 is 14.3 Å². The first-order valence-electron chi connectivity index (χ1n) is 5.73. The molecule has 0 aromatic heterocycles. The normalized spacial score (nSPS) is 21.7. The molecule has 0 spiro atoms. The van der Waals surface area contributed by atoms with Crippen molar-refractivity contribution in [2.45, 2.75) is 58.0 Å². The highest BCUT2D eigenvalue weighted by molar-refractivity contribution is 5.73. The van der Waals surface area contributed by atoms with Gasteiger partial charge in [-0.2, -0.15) is 0 Å². The molecule has 15 heavy (non-hydrogen) atoms. The van der Waals surface area contributed by atoms with Gasteiger partial charge in [-0.25, -0.2) is 0 Å². The summed E-state index contributed by atoms with van der Waals surface area (Å²) in [6.45, 7) is 3.23. The van der Waals surface area contributed by atoms with Gasteiger partial charge in [0.15, 0.2) is 5.60 Å². The summed E-state index contributed by atoms with van der Waals surface area (Å²) in [6.07, 6.45) is 7.90. The van der Waals surface area contributed by atoms with Crippen molar-refractivity contribution in [1.82, 2.24) is 0 Å². The Morgan fingerprint density at radius 2 is 2.00 bits per heavy atom. The first-order valence-corrected chi connectivity index (χ1v) is 5.73. The molecule has 1 unspecified atom stereocenters. The highest BCUT2D eigenvalue weighted by Gasteiger charge is 2.41. The van der Waals surface area contributed by atoms with Crippen LogP contribution in [0.5, 0.6) is 0 Å². The fraction of sp³-hybridized carbons (Fsp3) is 0.833. The average Bonchev–Trinajstić information content (AvgIpc) is 2.27. The maximum atomic E-state index is 11.1. The van der Waals surface area contributed by atoms with Gasteiger partial charge in [0.2, 0.25) is 6.29 Å². The number of ether oxygens (including phenoxy) is 1. The third kappa shape index (κ3) is 2.80. The van der Waals surface area contributed by atoms with E-state index in [2.05, 4.69) is 0 Å². The van der Waals surface area contributed by atoms with Crippen molar-refractivity contribution in [1.29, 1.82) is 0 Å². The molecule has 1 fully saturated rings. The minimum atomic E-state index is -0.980. The molecular formula is C12H19O3. The lowest BCUT2D eigenvalue weighted by Crippen LogP contribution is -2.44. The predicted octanol–water partition coefficient (Wildman–Crippen LogP) is 2.39. The van der Waals surface area contributed by atoms with Crippen LogP contribution in [-0.4, -0.2) is 17.9 Å². The summed E-state index contributed by atoms with van der Waals surface area (Å²) in [6, 6.07) is 0. The first kappa shape index (κ1) is 12.2. The van der Waals surface area contributed by atoms with Crippen molar-refractivity contribution in [2.75, 3.05) is 0 Å². The Morgan fingerprint density at radius 3 is 2.40 bits per heavy atom. The van der Waals surface area contributed by atoms with Crippen LogP contribution in [0.2, 0.25) is 0 Å². The third-order valence-corrected chi connectivity index (χ3v) is 3.29. The Bertz CT molecular complexity index is 231. The summed E-state index contributed by atoms with van der Waals surface area (Å²) in [4.78, 5) is 22.1. The minimum Gasteiger partial charge on any atom is -0.450 e. The number of carbonyl (C=O) groups excluding carboxylic acids is 2. The van der Waals surface area contributed by atoms with E-state index in [0.717, 1.165) is 25.7 Å². The lowest BCUT2D eigenvalue weighted by Gasteiger charge is -2.36. The van der Waals surface area contributed by atoms with Crippen molar-refractivity contribution in [3.05, 3.63) is 0 Å². The Hall–Kier alpha value is -0.860. The molecule has 1 saturated carbocycles. The van der Waals surface area contributed by atoms with E-state index in [-0.39, 0.29) is 11.9 Å². The second kappa shape index (κ2) is 5.29. The van der Waals surface area contributed by atoms with Gasteiger partial charge in [-0.05, 0) is 19.3 Å². The van der Waals surface area contributed by atoms with Gasteiger partial charge in [-0.1, -0.05) is 26.2 Å². The van der Waals surface area contributed by atoms with Crippen LogP contribution < -0.4 is 0 Å². The summed E-state index contributed by atoms with van der Waals surface area (Å²) < 4.78 is 5.21. The van der Waals surface area contributed by atoms with Crippen LogP contribution >= 0.6 is 0 Å². The number of esters is 1. The van der Waals surface area contributed by atoms with Gasteiger partial charge in [0.25, 0.3) is 0 Å². The monoisotopic (exact) mass is 211 g/mol. The lowest BCUT2D eigenvalue weighted by atomic mass is 9.76. The number of rotatable bonds is 4. The number of hydrogen-bond acceptors (Lipinski definition) is 3. The number of hydrogen-bond donors (Lipinski definition) is 0. The Labute approximate surface area is 91.2 Å². The summed E-state index contributed by atoms with van der Waals surface area (Å²) in [5, 5.41) is 0. The van der Waals surface area contributed by atoms with Gasteiger partial charge in [0.05, 0.1) is 0 Å². The molecule has 3 heteroatoms. The molecule has 1 aliphatic carbocycles. The van der Waals surface area contributed by atoms with E-state index in [4.69, 9.17) is 4.74 Å². The molecule has 0 bridgehead atoms. The Kier molecular flexibility index (Phi) is 4.30. The third-order valence-electron chi connectivity index (χ3n) is 3.29. The predicted molar refractivity (Wildman–Crippen MR) is 57.1 cm³/mol. The van der Waals surface area contributed by atoms with Gasteiger partial charge in [-0.15, -0.1) is 0 Å². The van der Waals surface area contributed by atoms with Crippen LogP contribution in [0.4, 0.5) is 0 Å². The van der Waals surface area contributed by atoms with E-state index >= 15 is 0 Å². The minimum absolute atomic E-state index is 0.164. The van der Waals surface area contributed by atoms with Gasteiger partial charge in [-0.3, -0.25) is 9.59 Å². The Morgan fingerprint density at radius 1 is 1.40 bits per heavy atom. The highest BCUT2D eigenvalue weighted by Crippen LogP contribution is 2.36. The van der Waals surface area contributed by atoms with Gasteiger partial charge in [0.1, 0.15) is 0 Å². The van der Waals surface area contributed by atoms with Crippen molar-refractivity contribution in [3.63, 3.8) is 0 Å². The van der Waals surface area contributed by atoms with E-state index in [9.17, 15) is 9.59 Å². The zero-order valence-electron chi connectivity index (χ0n) is 9.54. The summed E-state index contributed by atoms with van der Waals surface area (Å²) in [5.74, 6) is -0.219. The molecular weight excluding hydrogens is 192 g/mol. The fourth-order valence-electron chi connectivity index (χ4n) is 2.45. The van der Waals surface area contributed by atoms with Gasteiger partial charge < -0.3 is 4.74 Å². The molecule has 0 amide bonds. The van der Waals surface area contributed by atoms with Crippen molar-refractivity contribution >= 4 is 12.3 Å². The summed E-state index contributed by atoms with van der Waals surface area (Å²) >= 11 is 0. The molecule has 0 saturated heterocycles. The van der Waals surface area contributed by atoms with E-state index in [0.29, 0.717) is 6.42 Å². The molecule has 3 nitrogen and oxygen atoms in total. The maximum absolute atomic E-state index is 11.1. The zero-order valence-corrected chi connectivity index (χ0v) is 9.54. The van der Waals surface area contributed by atoms with E-state index in [1.165, 1.54) is 13.3 Å². The van der Waals surface area contributed by atoms with Crippen molar-refractivity contribution in [2.24, 2.45) is 5.92 Å². The fourth-order valence-corrected chi connectivity index (χ4v) is 2.45. The maximum Gasteiger partial charge on any atom is 0.303 e. The molecule has 0 heterocycles. The van der Waals surface area contributed by atoms with Crippen molar-refractivity contribution in [3.8, 4) is 0 Å². The molecule has 1 radical (unpaired) electrons. The molecule has 0 aliphatic heterocycles. The quantitative estimate of drug-likeness (QED) is 0.670. The van der Waals surface area contributed by atoms with Crippen LogP contribution in [0.25, 0.3) is 0 Å². The second-order valence-electron chi connectivity index (χ2n) is 4.27. The molecule has 0 aromatic carbocycles. The lowest BCUT2D eigenvalue weighted by molar-refractivity contribution is -0.156. The number of carbonyl (C=O) groups is 1. The van der Waals surface area contributed by atoms with Crippen LogP contribution in [0.3, 0.4) is 0 Å². The molecule has 0 N–H and O–H groups in total. The molecule has 1 aliphatic rings. The summed E-state index contributed by atoms with van der Waals surface area (Å²) in [5.41, 5.74) is -0.980. The highest BCUT2D eigenvalue weighted by atomic mass is 16.6. The second-order valence-corrected chi connectivity index (χ2v) is 4.27. The van der Waals surface area contributed by atoms with E-state index in [1.54, 1.807) is 0 Å². The van der Waals surface area contributed by atoms with Crippen LogP contribution in [0.15, 0.2) is 0 Å². The van der Waals surface area contributed by atoms with Gasteiger partial charge >= 0.3 is 5.97 Å². The molecule has 0 aromatic rings. The van der Waals surface area contributed by atoms with Crippen LogP contribution in [0, 0.1) is 5.92 Å². The first-order chi connectivity index (χ1) is 7.14. The zero-order chi connectivity index (χ0) is 11.3. The van der Waals surface area contributed by atoms with Crippen LogP contribution in [-0.2, 0) is 14.3 Å². The van der Waals surface area contributed by atoms with Crippen LogP contribution in [0.1, 0.15) is 52.4 Å². The Balaban J connectivity index is 2.77. The SMILES string of the molecule is CCC([C]=O)(OC(C)=O)C1CCCCC1. The van der Waals surface area contributed by atoms with E-state index in [1.807, 2.05) is 13.2 Å². The average molecular weight is 211 g/mol. The largest absolute Gasteiger partial charge is 0.450 e. The van der Waals surface area contributed by atoms with E-state index < -0.39 is 5.60 Å².